The van der Waals surface area contributed by atoms with E-state index in [4.69, 9.17) is 9.84 Å². The first-order chi connectivity index (χ1) is 19.3. The third-order valence-corrected chi connectivity index (χ3v) is 8.34. The summed E-state index contributed by atoms with van der Waals surface area (Å²) in [6, 6.07) is 26.5. The van der Waals surface area contributed by atoms with Gasteiger partial charge in [0.1, 0.15) is 19.0 Å². The molecule has 0 unspecified atom stereocenters. The largest absolute Gasteiger partial charge is 0.492 e. The molecule has 1 fully saturated rings. The second kappa shape index (κ2) is 14.9. The monoisotopic (exact) mass is 572 g/mol. The molecule has 1 saturated heterocycles. The number of nitrogens with zero attached hydrogens (tertiary/aromatic N) is 2. The Morgan fingerprint density at radius 3 is 2.35 bits per heavy atom. The number of hydrogen-bond acceptors (Lipinski definition) is 5. The van der Waals surface area contributed by atoms with Crippen LogP contribution in [-0.4, -0.2) is 72.9 Å². The zero-order valence-electron chi connectivity index (χ0n) is 23.0. The zero-order valence-corrected chi connectivity index (χ0v) is 23.8. The first-order valence-corrected chi connectivity index (χ1v) is 14.8. The fourth-order valence-corrected chi connectivity index (χ4v) is 5.84. The van der Waals surface area contributed by atoms with Crippen molar-refractivity contribution in [2.45, 2.75) is 42.5 Å². The molecule has 0 spiro atoms. The summed E-state index contributed by atoms with van der Waals surface area (Å²) >= 11 is 1.80. The first-order valence-electron chi connectivity index (χ1n) is 13.8. The van der Waals surface area contributed by atoms with Crippen LogP contribution in [0.3, 0.4) is 0 Å². The SMILES string of the molecule is C[C@@H]1Cc2cc(SCc3ccccc3)ccc2CN1CC(F)(F)CO.FCC1CN(CCOc2ccccc2)C1. The van der Waals surface area contributed by atoms with Gasteiger partial charge < -0.3 is 9.84 Å². The minimum Gasteiger partial charge on any atom is -0.492 e. The van der Waals surface area contributed by atoms with Crippen LogP contribution in [0.2, 0.25) is 0 Å². The maximum Gasteiger partial charge on any atom is 0.283 e. The lowest BCUT2D eigenvalue weighted by Gasteiger charge is -2.37. The molecule has 0 aromatic heterocycles. The van der Waals surface area contributed by atoms with E-state index in [9.17, 15) is 13.2 Å². The Hall–Kier alpha value is -2.52. The second-order valence-electron chi connectivity index (χ2n) is 10.6. The van der Waals surface area contributed by atoms with Gasteiger partial charge in [-0.15, -0.1) is 11.8 Å². The van der Waals surface area contributed by atoms with Gasteiger partial charge in [-0.2, -0.15) is 0 Å². The minimum atomic E-state index is -3.04. The lowest BCUT2D eigenvalue weighted by molar-refractivity contribution is -0.0818. The molecular weight excluding hydrogens is 533 g/mol. The fraction of sp³-hybridized carbons (Fsp3) is 0.438. The van der Waals surface area contributed by atoms with Crippen LogP contribution in [0.15, 0.2) is 83.8 Å². The van der Waals surface area contributed by atoms with Gasteiger partial charge in [0.15, 0.2) is 0 Å². The highest BCUT2D eigenvalue weighted by atomic mass is 32.2. The average Bonchev–Trinajstić information content (AvgIpc) is 2.95. The number of para-hydroxylation sites is 1. The van der Waals surface area contributed by atoms with Gasteiger partial charge in [0, 0.05) is 48.8 Å². The molecule has 216 valence electrons. The van der Waals surface area contributed by atoms with E-state index in [-0.39, 0.29) is 18.6 Å². The number of ether oxygens (including phenoxy) is 1. The van der Waals surface area contributed by atoms with Crippen molar-refractivity contribution in [2.24, 2.45) is 5.92 Å². The van der Waals surface area contributed by atoms with E-state index in [1.165, 1.54) is 16.0 Å². The van der Waals surface area contributed by atoms with Crippen molar-refractivity contribution in [1.29, 1.82) is 0 Å². The molecule has 0 bridgehead atoms. The van der Waals surface area contributed by atoms with Gasteiger partial charge in [-0.25, -0.2) is 8.78 Å². The number of likely N-dealkylation sites (tertiary alicyclic amines) is 1. The summed E-state index contributed by atoms with van der Waals surface area (Å²) in [5.41, 5.74) is 3.64. The smallest absolute Gasteiger partial charge is 0.283 e. The Bertz CT molecular complexity index is 1160. The molecule has 0 amide bonds. The highest BCUT2D eigenvalue weighted by Crippen LogP contribution is 2.31. The lowest BCUT2D eigenvalue weighted by atomic mass is 9.94. The van der Waals surface area contributed by atoms with Crippen molar-refractivity contribution in [3.63, 3.8) is 0 Å². The van der Waals surface area contributed by atoms with Gasteiger partial charge in [-0.05, 0) is 54.3 Å². The molecule has 40 heavy (non-hydrogen) atoms. The minimum absolute atomic E-state index is 0.0410. The Kier molecular flexibility index (Phi) is 11.4. The number of hydrogen-bond donors (Lipinski definition) is 1. The Morgan fingerprint density at radius 1 is 0.975 bits per heavy atom. The van der Waals surface area contributed by atoms with Crippen LogP contribution < -0.4 is 4.74 Å². The lowest BCUT2D eigenvalue weighted by Crippen LogP contribution is -2.49. The van der Waals surface area contributed by atoms with Gasteiger partial charge in [-0.3, -0.25) is 14.2 Å². The molecule has 3 aromatic rings. The van der Waals surface area contributed by atoms with E-state index in [1.54, 1.807) is 16.7 Å². The zero-order chi connectivity index (χ0) is 28.4. The average molecular weight is 573 g/mol. The van der Waals surface area contributed by atoms with Gasteiger partial charge >= 0.3 is 0 Å². The predicted molar refractivity (Wildman–Crippen MR) is 156 cm³/mol. The summed E-state index contributed by atoms with van der Waals surface area (Å²) in [6.45, 7) is 4.15. The van der Waals surface area contributed by atoms with E-state index in [2.05, 4.69) is 35.2 Å². The Morgan fingerprint density at radius 2 is 1.68 bits per heavy atom. The summed E-state index contributed by atoms with van der Waals surface area (Å²) in [4.78, 5) is 5.19. The first kappa shape index (κ1) is 30.4. The molecule has 1 atom stereocenters. The summed E-state index contributed by atoms with van der Waals surface area (Å²) in [7, 11) is 0. The van der Waals surface area contributed by atoms with Crippen LogP contribution in [0.1, 0.15) is 23.6 Å². The summed E-state index contributed by atoms with van der Waals surface area (Å²) in [6.07, 6.45) is 0.760. The van der Waals surface area contributed by atoms with Crippen LogP contribution in [-0.2, 0) is 18.7 Å². The number of fused-ring (bicyclic) bond motifs is 1. The molecule has 1 N–H and O–H groups in total. The van der Waals surface area contributed by atoms with E-state index >= 15 is 0 Å². The molecular formula is C32H39F3N2O2S. The molecule has 2 aliphatic heterocycles. The third kappa shape index (κ3) is 9.26. The van der Waals surface area contributed by atoms with Crippen molar-refractivity contribution < 1.29 is 23.0 Å². The van der Waals surface area contributed by atoms with Crippen LogP contribution in [0, 0.1) is 5.92 Å². The molecule has 5 rings (SSSR count). The van der Waals surface area contributed by atoms with Crippen LogP contribution in [0.4, 0.5) is 13.2 Å². The van der Waals surface area contributed by atoms with Crippen molar-refractivity contribution >= 4 is 11.8 Å². The molecule has 2 heterocycles. The summed E-state index contributed by atoms with van der Waals surface area (Å²) in [5, 5.41) is 8.82. The standard InChI is InChI=1S/C20H23F2NOS.C12H16FNO/c1-15-9-18-10-19(25-12-16-5-3-2-4-6-16)8-7-17(18)11-23(15)13-20(21,22)14-24;13-8-11-9-14(10-11)6-7-15-12-4-2-1-3-5-12/h2-8,10,15,24H,9,11-14H2,1H3;1-5,11H,6-10H2/t15-;/m1./s1. The van der Waals surface area contributed by atoms with Crippen LogP contribution in [0.25, 0.3) is 0 Å². The summed E-state index contributed by atoms with van der Waals surface area (Å²) < 4.78 is 44.7. The number of rotatable bonds is 11. The van der Waals surface area contributed by atoms with E-state index in [0.29, 0.717) is 13.2 Å². The van der Waals surface area contributed by atoms with Gasteiger partial charge in [0.25, 0.3) is 5.92 Å². The fourth-order valence-electron chi connectivity index (χ4n) is 4.92. The number of aliphatic hydroxyl groups excluding tert-OH is 1. The van der Waals surface area contributed by atoms with E-state index < -0.39 is 19.1 Å². The number of aliphatic hydroxyl groups is 1. The molecule has 3 aromatic carbocycles. The van der Waals surface area contributed by atoms with Gasteiger partial charge in [0.2, 0.25) is 0 Å². The normalized spacial score (nSPS) is 17.9. The van der Waals surface area contributed by atoms with Gasteiger partial charge in [0.05, 0.1) is 13.2 Å². The third-order valence-electron chi connectivity index (χ3n) is 7.27. The predicted octanol–water partition coefficient (Wildman–Crippen LogP) is 6.32. The van der Waals surface area contributed by atoms with E-state index in [0.717, 1.165) is 43.1 Å². The quantitative estimate of drug-likeness (QED) is 0.272. The molecule has 0 radical (unpaired) electrons. The van der Waals surface area contributed by atoms with Crippen molar-refractivity contribution in [3.05, 3.63) is 95.6 Å². The number of thioether (sulfide) groups is 1. The molecule has 0 saturated carbocycles. The maximum atomic E-state index is 13.5. The van der Waals surface area contributed by atoms with Crippen molar-refractivity contribution in [1.82, 2.24) is 9.80 Å². The van der Waals surface area contributed by atoms with Crippen molar-refractivity contribution in [3.8, 4) is 5.75 Å². The second-order valence-corrected chi connectivity index (χ2v) is 11.7. The highest BCUT2D eigenvalue weighted by molar-refractivity contribution is 7.98. The highest BCUT2D eigenvalue weighted by Gasteiger charge is 2.34. The molecule has 2 aliphatic rings. The molecule has 8 heteroatoms. The Labute approximate surface area is 240 Å². The van der Waals surface area contributed by atoms with Gasteiger partial charge in [-0.1, -0.05) is 54.6 Å². The van der Waals surface area contributed by atoms with Crippen LogP contribution >= 0.6 is 11.8 Å². The maximum absolute atomic E-state index is 13.5. The number of alkyl halides is 3. The number of benzene rings is 3. The van der Waals surface area contributed by atoms with Crippen molar-refractivity contribution in [2.75, 3.05) is 46.1 Å². The Balaban J connectivity index is 0.000000210. The molecule has 0 aliphatic carbocycles. The molecule has 4 nitrogen and oxygen atoms in total. The summed E-state index contributed by atoms with van der Waals surface area (Å²) in [5.74, 6) is -0.955. The number of halogens is 3. The van der Waals surface area contributed by atoms with E-state index in [1.807, 2.05) is 55.5 Å². The topological polar surface area (TPSA) is 35.9 Å². The van der Waals surface area contributed by atoms with Crippen LogP contribution in [0.5, 0.6) is 5.75 Å².